The average molecular weight is 980 g/mol. The molecule has 0 aromatic heterocycles. The first-order chi connectivity index (χ1) is 34.5. The van der Waals surface area contributed by atoms with E-state index in [0.717, 1.165) is 89.9 Å². The number of unbranched alkanes of at least 4 members (excludes halogenated alkanes) is 34. The van der Waals surface area contributed by atoms with Crippen LogP contribution in [0.3, 0.4) is 0 Å². The van der Waals surface area contributed by atoms with Crippen LogP contribution in [0.2, 0.25) is 0 Å². The molecule has 0 bridgehead atoms. The molecule has 6 nitrogen and oxygen atoms in total. The first-order valence-electron chi connectivity index (χ1n) is 30.3. The number of esters is 3. The van der Waals surface area contributed by atoms with Gasteiger partial charge in [0, 0.05) is 19.3 Å². The average Bonchev–Trinajstić information content (AvgIpc) is 3.36. The molecule has 0 aromatic carbocycles. The molecule has 0 saturated carbocycles. The van der Waals surface area contributed by atoms with Gasteiger partial charge in [-0.15, -0.1) is 0 Å². The third-order valence-corrected chi connectivity index (χ3v) is 13.2. The number of carbonyl (C=O) groups is 3. The number of carbonyl (C=O) groups excluding carboxylic acids is 3. The van der Waals surface area contributed by atoms with Gasteiger partial charge in [-0.3, -0.25) is 14.4 Å². The summed E-state index contributed by atoms with van der Waals surface area (Å²) in [7, 11) is 0. The lowest BCUT2D eigenvalue weighted by Crippen LogP contribution is -2.30. The normalized spacial score (nSPS) is 12.4. The summed E-state index contributed by atoms with van der Waals surface area (Å²) in [5.74, 6) is -0.894. The first kappa shape index (κ1) is 67.1. The Morgan fingerprint density at radius 3 is 0.871 bits per heavy atom. The van der Waals surface area contributed by atoms with Crippen LogP contribution in [0.5, 0.6) is 0 Å². The lowest BCUT2D eigenvalue weighted by molar-refractivity contribution is -0.167. The number of hydrogen-bond donors (Lipinski definition) is 0. The van der Waals surface area contributed by atoms with E-state index in [1.807, 2.05) is 0 Å². The van der Waals surface area contributed by atoms with Crippen LogP contribution in [0.25, 0.3) is 0 Å². The third-order valence-electron chi connectivity index (χ3n) is 13.2. The Kier molecular flexibility index (Phi) is 56.3. The van der Waals surface area contributed by atoms with Crippen molar-refractivity contribution >= 4 is 17.9 Å². The summed E-state index contributed by atoms with van der Waals surface area (Å²) in [4.78, 5) is 38.2. The molecule has 0 aliphatic carbocycles. The molecule has 0 fully saturated rings. The van der Waals surface area contributed by atoms with Crippen LogP contribution in [0, 0.1) is 0 Å². The van der Waals surface area contributed by atoms with Crippen molar-refractivity contribution in [2.45, 2.75) is 316 Å². The van der Waals surface area contributed by atoms with Crippen molar-refractivity contribution in [1.29, 1.82) is 0 Å². The smallest absolute Gasteiger partial charge is 0.306 e. The number of hydrogen-bond acceptors (Lipinski definition) is 6. The molecule has 70 heavy (non-hydrogen) atoms. The molecule has 1 atom stereocenters. The van der Waals surface area contributed by atoms with Crippen LogP contribution in [0.15, 0.2) is 60.8 Å². The first-order valence-corrected chi connectivity index (χ1v) is 30.3. The van der Waals surface area contributed by atoms with Gasteiger partial charge in [-0.1, -0.05) is 248 Å². The lowest BCUT2D eigenvalue weighted by Gasteiger charge is -2.18. The maximum atomic E-state index is 12.9. The molecular formula is C64H114O6. The van der Waals surface area contributed by atoms with E-state index >= 15 is 0 Å². The third kappa shape index (κ3) is 56.0. The number of rotatable bonds is 55. The molecule has 0 rings (SSSR count). The molecule has 0 amide bonds. The molecule has 0 aromatic rings. The van der Waals surface area contributed by atoms with Gasteiger partial charge < -0.3 is 14.2 Å². The molecule has 0 aliphatic rings. The van der Waals surface area contributed by atoms with Crippen LogP contribution in [-0.4, -0.2) is 37.2 Å². The maximum Gasteiger partial charge on any atom is 0.306 e. The molecule has 0 heterocycles. The minimum absolute atomic E-state index is 0.0819. The van der Waals surface area contributed by atoms with Crippen molar-refractivity contribution in [2.24, 2.45) is 0 Å². The fourth-order valence-electron chi connectivity index (χ4n) is 8.60. The molecular weight excluding hydrogens is 865 g/mol. The van der Waals surface area contributed by atoms with E-state index in [1.165, 1.54) is 180 Å². The Bertz CT molecular complexity index is 1260. The van der Waals surface area contributed by atoms with Crippen LogP contribution >= 0.6 is 0 Å². The Balaban J connectivity index is 4.36. The summed E-state index contributed by atoms with van der Waals surface area (Å²) >= 11 is 0. The van der Waals surface area contributed by atoms with Crippen molar-refractivity contribution in [3.8, 4) is 0 Å². The Labute approximate surface area is 434 Å². The topological polar surface area (TPSA) is 78.9 Å². The van der Waals surface area contributed by atoms with Crippen LogP contribution in [-0.2, 0) is 28.6 Å². The molecule has 0 N–H and O–H groups in total. The van der Waals surface area contributed by atoms with Crippen molar-refractivity contribution in [2.75, 3.05) is 13.2 Å². The molecule has 0 spiro atoms. The summed E-state index contributed by atoms with van der Waals surface area (Å²) in [6, 6.07) is 0. The van der Waals surface area contributed by atoms with E-state index in [0.29, 0.717) is 19.3 Å². The van der Waals surface area contributed by atoms with Gasteiger partial charge in [0.1, 0.15) is 13.2 Å². The summed E-state index contributed by atoms with van der Waals surface area (Å²) in [5, 5.41) is 0. The zero-order valence-electron chi connectivity index (χ0n) is 46.5. The van der Waals surface area contributed by atoms with Gasteiger partial charge >= 0.3 is 17.9 Å². The minimum atomic E-state index is -0.785. The van der Waals surface area contributed by atoms with Gasteiger partial charge in [0.15, 0.2) is 6.10 Å². The maximum absolute atomic E-state index is 12.9. The Morgan fingerprint density at radius 1 is 0.286 bits per heavy atom. The van der Waals surface area contributed by atoms with Gasteiger partial charge in [0.2, 0.25) is 0 Å². The second-order valence-electron chi connectivity index (χ2n) is 20.2. The highest BCUT2D eigenvalue weighted by Crippen LogP contribution is 2.16. The van der Waals surface area contributed by atoms with Crippen molar-refractivity contribution < 1.29 is 28.6 Å². The van der Waals surface area contributed by atoms with E-state index < -0.39 is 6.10 Å². The largest absolute Gasteiger partial charge is 0.462 e. The summed E-state index contributed by atoms with van der Waals surface area (Å²) < 4.78 is 16.9. The molecule has 406 valence electrons. The monoisotopic (exact) mass is 979 g/mol. The van der Waals surface area contributed by atoms with E-state index in [4.69, 9.17) is 14.2 Å². The number of allylic oxidation sites excluding steroid dienone is 10. The van der Waals surface area contributed by atoms with Crippen LogP contribution in [0.1, 0.15) is 310 Å². The van der Waals surface area contributed by atoms with Crippen LogP contribution < -0.4 is 0 Å². The van der Waals surface area contributed by atoms with Crippen molar-refractivity contribution in [1.82, 2.24) is 0 Å². The molecule has 0 radical (unpaired) electrons. The quantitative estimate of drug-likeness (QED) is 0.0261. The Hall–Kier alpha value is -2.89. The standard InChI is InChI=1S/C64H114O6/c1-4-7-10-13-16-19-22-25-28-30-31-32-33-35-36-39-42-45-48-51-54-57-63(66)69-60-61(59-68-62(65)56-53-50-47-44-41-38-27-24-21-18-15-12-9-6-3)70-64(67)58-55-52-49-46-43-40-37-34-29-26-23-20-17-14-11-8-5-2/h15,17-18,20,24,26-27,29-31,61H,4-14,16,19,21-23,25,28,32-60H2,1-3H3/b18-15-,20-17-,27-24-,29-26-,31-30-. The van der Waals surface area contributed by atoms with E-state index in [2.05, 4.69) is 81.5 Å². The van der Waals surface area contributed by atoms with Crippen molar-refractivity contribution in [3.05, 3.63) is 60.8 Å². The van der Waals surface area contributed by atoms with E-state index in [-0.39, 0.29) is 31.1 Å². The zero-order valence-corrected chi connectivity index (χ0v) is 46.5. The number of ether oxygens (including phenoxy) is 3. The highest BCUT2D eigenvalue weighted by molar-refractivity contribution is 5.71. The van der Waals surface area contributed by atoms with Gasteiger partial charge in [0.05, 0.1) is 0 Å². The zero-order chi connectivity index (χ0) is 50.7. The minimum Gasteiger partial charge on any atom is -0.462 e. The van der Waals surface area contributed by atoms with Gasteiger partial charge in [-0.05, 0) is 103 Å². The van der Waals surface area contributed by atoms with Gasteiger partial charge in [-0.25, -0.2) is 0 Å². The van der Waals surface area contributed by atoms with E-state index in [9.17, 15) is 14.4 Å². The van der Waals surface area contributed by atoms with Crippen molar-refractivity contribution in [3.63, 3.8) is 0 Å². The second kappa shape index (κ2) is 58.7. The fraction of sp³-hybridized carbons (Fsp3) is 0.797. The lowest BCUT2D eigenvalue weighted by atomic mass is 10.1. The molecule has 0 saturated heterocycles. The fourth-order valence-corrected chi connectivity index (χ4v) is 8.60. The van der Waals surface area contributed by atoms with Gasteiger partial charge in [0.25, 0.3) is 0 Å². The van der Waals surface area contributed by atoms with Gasteiger partial charge in [-0.2, -0.15) is 0 Å². The van der Waals surface area contributed by atoms with Crippen LogP contribution in [0.4, 0.5) is 0 Å². The summed E-state index contributed by atoms with van der Waals surface area (Å²) in [6.07, 6.45) is 73.5. The molecule has 1 unspecified atom stereocenters. The molecule has 0 aliphatic heterocycles. The summed E-state index contributed by atoms with van der Waals surface area (Å²) in [6.45, 7) is 6.59. The Morgan fingerprint density at radius 2 is 0.529 bits per heavy atom. The van der Waals surface area contributed by atoms with E-state index in [1.54, 1.807) is 0 Å². The summed E-state index contributed by atoms with van der Waals surface area (Å²) in [5.41, 5.74) is 0. The highest BCUT2D eigenvalue weighted by atomic mass is 16.6. The second-order valence-corrected chi connectivity index (χ2v) is 20.2. The highest BCUT2D eigenvalue weighted by Gasteiger charge is 2.19. The predicted molar refractivity (Wildman–Crippen MR) is 302 cm³/mol. The SMILES string of the molecule is CCCC/C=C\C/C=C\CCCCCCCC(=O)OCC(COC(=O)CCCCCCCCCCC/C=C\CCCCCCCCCC)OC(=O)CCCCCCCCC/C=C\C/C=C\CCCCC. The predicted octanol–water partition coefficient (Wildman–Crippen LogP) is 20.4. The molecule has 6 heteroatoms.